The van der Waals surface area contributed by atoms with Crippen LogP contribution >= 0.6 is 0 Å². The molecule has 1 aliphatic carbocycles. The van der Waals surface area contributed by atoms with Crippen molar-refractivity contribution in [2.24, 2.45) is 17.6 Å². The molecule has 3 N–H and O–H groups in total. The van der Waals surface area contributed by atoms with Crippen LogP contribution < -0.4 is 11.1 Å². The lowest BCUT2D eigenvalue weighted by molar-refractivity contribution is -0.384. The van der Waals surface area contributed by atoms with Crippen LogP contribution in [0.2, 0.25) is 0 Å². The minimum Gasteiger partial charge on any atom is -0.352 e. The molecular formula is C14H19N3O3. The summed E-state index contributed by atoms with van der Waals surface area (Å²) in [5.74, 6) is 0.253. The second-order valence-corrected chi connectivity index (χ2v) is 5.18. The summed E-state index contributed by atoms with van der Waals surface area (Å²) in [6, 6.07) is 6.31. The van der Waals surface area contributed by atoms with Crippen LogP contribution in [0.25, 0.3) is 0 Å². The van der Waals surface area contributed by atoms with Gasteiger partial charge in [-0.3, -0.25) is 14.9 Å². The molecule has 20 heavy (non-hydrogen) atoms. The largest absolute Gasteiger partial charge is 0.352 e. The maximum absolute atomic E-state index is 12.1. The number of hydrogen-bond acceptors (Lipinski definition) is 4. The van der Waals surface area contributed by atoms with Gasteiger partial charge in [-0.05, 0) is 30.9 Å². The van der Waals surface area contributed by atoms with Crippen molar-refractivity contribution in [3.63, 3.8) is 0 Å². The van der Waals surface area contributed by atoms with Crippen molar-refractivity contribution in [1.82, 2.24) is 5.32 Å². The Labute approximate surface area is 117 Å². The van der Waals surface area contributed by atoms with Gasteiger partial charge >= 0.3 is 0 Å². The summed E-state index contributed by atoms with van der Waals surface area (Å²) in [5.41, 5.74) is 6.44. The molecule has 1 amide bonds. The van der Waals surface area contributed by atoms with Crippen molar-refractivity contribution < 1.29 is 9.72 Å². The van der Waals surface area contributed by atoms with Gasteiger partial charge in [0, 0.05) is 24.6 Å². The second kappa shape index (κ2) is 6.47. The average molecular weight is 277 g/mol. The highest BCUT2D eigenvalue weighted by atomic mass is 16.6. The number of non-ortho nitro benzene ring substituents is 1. The topological polar surface area (TPSA) is 98.3 Å². The van der Waals surface area contributed by atoms with Gasteiger partial charge in [-0.1, -0.05) is 18.6 Å². The zero-order valence-corrected chi connectivity index (χ0v) is 11.2. The minimum atomic E-state index is -0.438. The van der Waals surface area contributed by atoms with Gasteiger partial charge in [0.2, 0.25) is 5.91 Å². The van der Waals surface area contributed by atoms with Gasteiger partial charge < -0.3 is 11.1 Å². The summed E-state index contributed by atoms with van der Waals surface area (Å²) in [7, 11) is 0. The molecule has 1 aromatic carbocycles. The van der Waals surface area contributed by atoms with Crippen LogP contribution in [0.15, 0.2) is 24.3 Å². The summed E-state index contributed by atoms with van der Waals surface area (Å²) in [4.78, 5) is 22.4. The fourth-order valence-electron chi connectivity index (χ4n) is 2.76. The maximum Gasteiger partial charge on any atom is 0.269 e. The molecule has 6 heteroatoms. The summed E-state index contributed by atoms with van der Waals surface area (Å²) in [6.45, 7) is 0.850. The van der Waals surface area contributed by atoms with E-state index in [0.29, 0.717) is 13.1 Å². The third-order valence-corrected chi connectivity index (χ3v) is 3.89. The predicted octanol–water partition coefficient (Wildman–Crippen LogP) is 1.59. The van der Waals surface area contributed by atoms with Crippen LogP contribution in [0.1, 0.15) is 24.8 Å². The minimum absolute atomic E-state index is 0.00413. The monoisotopic (exact) mass is 277 g/mol. The number of hydrogen-bond donors (Lipinski definition) is 2. The number of amides is 1. The molecule has 0 heterocycles. The Hall–Kier alpha value is -1.95. The van der Waals surface area contributed by atoms with E-state index in [0.717, 1.165) is 24.8 Å². The number of benzene rings is 1. The fourth-order valence-corrected chi connectivity index (χ4v) is 2.76. The number of nitrogens with zero attached hydrogens (tertiary/aromatic N) is 1. The summed E-state index contributed by atoms with van der Waals surface area (Å²) in [6.07, 6.45) is 2.92. The van der Waals surface area contributed by atoms with Gasteiger partial charge in [-0.25, -0.2) is 0 Å². The lowest BCUT2D eigenvalue weighted by Crippen LogP contribution is -2.34. The van der Waals surface area contributed by atoms with E-state index in [1.807, 2.05) is 0 Å². The first-order valence-electron chi connectivity index (χ1n) is 6.83. The number of nitro groups is 1. The molecule has 1 saturated carbocycles. The van der Waals surface area contributed by atoms with Gasteiger partial charge in [-0.2, -0.15) is 0 Å². The molecule has 6 nitrogen and oxygen atoms in total. The quantitative estimate of drug-likeness (QED) is 0.630. The molecule has 108 valence electrons. The third kappa shape index (κ3) is 3.33. The lowest BCUT2D eigenvalue weighted by atomic mass is 9.95. The van der Waals surface area contributed by atoms with Gasteiger partial charge in [0.15, 0.2) is 0 Å². The summed E-state index contributed by atoms with van der Waals surface area (Å²) < 4.78 is 0. The summed E-state index contributed by atoms with van der Waals surface area (Å²) in [5, 5.41) is 13.5. The third-order valence-electron chi connectivity index (χ3n) is 3.89. The normalized spacial score (nSPS) is 21.6. The average Bonchev–Trinajstić information content (AvgIpc) is 2.93. The van der Waals surface area contributed by atoms with Gasteiger partial charge in [0.05, 0.1) is 4.92 Å². The molecule has 1 aromatic rings. The van der Waals surface area contributed by atoms with Gasteiger partial charge in [0.25, 0.3) is 5.69 Å². The zero-order valence-electron chi connectivity index (χ0n) is 11.2. The van der Waals surface area contributed by atoms with E-state index in [1.54, 1.807) is 12.1 Å². The van der Waals surface area contributed by atoms with Gasteiger partial charge in [-0.15, -0.1) is 0 Å². The van der Waals surface area contributed by atoms with Crippen molar-refractivity contribution in [3.8, 4) is 0 Å². The van der Waals surface area contributed by atoms with Crippen molar-refractivity contribution in [2.75, 3.05) is 6.54 Å². The number of carbonyl (C=O) groups excluding carboxylic acids is 1. The smallest absolute Gasteiger partial charge is 0.269 e. The van der Waals surface area contributed by atoms with Crippen LogP contribution in [0, 0.1) is 22.0 Å². The first-order chi connectivity index (χ1) is 9.61. The Kier molecular flexibility index (Phi) is 4.68. The Balaban J connectivity index is 1.93. The first kappa shape index (κ1) is 14.5. The Morgan fingerprint density at radius 1 is 1.45 bits per heavy atom. The summed E-state index contributed by atoms with van der Waals surface area (Å²) >= 11 is 0. The zero-order chi connectivity index (χ0) is 14.5. The van der Waals surface area contributed by atoms with E-state index in [2.05, 4.69) is 5.32 Å². The molecule has 0 saturated heterocycles. The molecule has 0 aliphatic heterocycles. The second-order valence-electron chi connectivity index (χ2n) is 5.18. The van der Waals surface area contributed by atoms with E-state index in [4.69, 9.17) is 5.73 Å². The van der Waals surface area contributed by atoms with Gasteiger partial charge in [0.1, 0.15) is 0 Å². The van der Waals surface area contributed by atoms with Crippen molar-refractivity contribution in [2.45, 2.75) is 25.8 Å². The number of rotatable bonds is 5. The Morgan fingerprint density at radius 2 is 2.25 bits per heavy atom. The van der Waals surface area contributed by atoms with Crippen LogP contribution in [0.4, 0.5) is 5.69 Å². The molecule has 0 radical (unpaired) electrons. The maximum atomic E-state index is 12.1. The molecule has 0 spiro atoms. The van der Waals surface area contributed by atoms with Crippen LogP contribution in [-0.2, 0) is 11.3 Å². The number of nitrogens with one attached hydrogen (secondary N) is 1. The first-order valence-corrected chi connectivity index (χ1v) is 6.83. The van der Waals surface area contributed by atoms with Crippen LogP contribution in [-0.4, -0.2) is 17.4 Å². The van der Waals surface area contributed by atoms with Crippen molar-refractivity contribution in [3.05, 3.63) is 39.9 Å². The molecule has 0 aromatic heterocycles. The SMILES string of the molecule is NCC1CCCC1C(=O)NCc1cccc([N+](=O)[O-])c1. The molecule has 0 bridgehead atoms. The molecule has 1 aliphatic rings. The standard InChI is InChI=1S/C14H19N3O3/c15-8-11-4-2-6-13(11)14(18)16-9-10-3-1-5-12(7-10)17(19)20/h1,3,5,7,11,13H,2,4,6,8-9,15H2,(H,16,18). The highest BCUT2D eigenvalue weighted by Gasteiger charge is 2.31. The van der Waals surface area contributed by atoms with Crippen molar-refractivity contribution >= 4 is 11.6 Å². The van der Waals surface area contributed by atoms with Crippen LogP contribution in [0.3, 0.4) is 0 Å². The predicted molar refractivity (Wildman–Crippen MR) is 74.8 cm³/mol. The van der Waals surface area contributed by atoms with E-state index in [1.165, 1.54) is 12.1 Å². The lowest BCUT2D eigenvalue weighted by Gasteiger charge is -2.17. The van der Waals surface area contributed by atoms with E-state index >= 15 is 0 Å². The van der Waals surface area contributed by atoms with E-state index in [9.17, 15) is 14.9 Å². The molecule has 2 unspecified atom stereocenters. The van der Waals surface area contributed by atoms with Crippen molar-refractivity contribution in [1.29, 1.82) is 0 Å². The highest BCUT2D eigenvalue weighted by Crippen LogP contribution is 2.31. The van der Waals surface area contributed by atoms with Crippen LogP contribution in [0.5, 0.6) is 0 Å². The van der Waals surface area contributed by atoms with E-state index in [-0.39, 0.29) is 23.4 Å². The Bertz CT molecular complexity index is 504. The molecular weight excluding hydrogens is 258 g/mol. The van der Waals surface area contributed by atoms with E-state index < -0.39 is 4.92 Å². The Morgan fingerprint density at radius 3 is 2.95 bits per heavy atom. The fraction of sp³-hybridized carbons (Fsp3) is 0.500. The number of carbonyl (C=O) groups is 1. The molecule has 2 atom stereocenters. The number of nitrogens with two attached hydrogens (primary N) is 1. The highest BCUT2D eigenvalue weighted by molar-refractivity contribution is 5.79. The molecule has 1 fully saturated rings. The molecule has 2 rings (SSSR count). The number of nitro benzene ring substituents is 1.